The molecule has 3 aromatic rings. The number of ketones is 1. The summed E-state index contributed by atoms with van der Waals surface area (Å²) in [5, 5.41) is 2.70. The first kappa shape index (κ1) is 32.9. The fourth-order valence-electron chi connectivity index (χ4n) is 5.36. The van der Waals surface area contributed by atoms with Crippen LogP contribution >= 0.6 is 0 Å². The number of nitrogens with one attached hydrogen (secondary N) is 2. The Kier molecular flexibility index (Phi) is 9.67. The van der Waals surface area contributed by atoms with Gasteiger partial charge >= 0.3 is 6.18 Å². The van der Waals surface area contributed by atoms with Crippen LogP contribution in [0.5, 0.6) is 0 Å². The molecular weight excluding hydrogens is 600 g/mol. The van der Waals surface area contributed by atoms with Gasteiger partial charge in [0.25, 0.3) is 0 Å². The van der Waals surface area contributed by atoms with E-state index in [4.69, 9.17) is 0 Å². The second-order valence-corrected chi connectivity index (χ2v) is 12.9. The smallest absolute Gasteiger partial charge is 0.356 e. The summed E-state index contributed by atoms with van der Waals surface area (Å²) in [7, 11) is -3.70. The molecule has 0 aliphatic carbocycles. The number of benzene rings is 2. The van der Waals surface area contributed by atoms with Gasteiger partial charge in [-0.15, -0.1) is 0 Å². The van der Waals surface area contributed by atoms with Crippen molar-refractivity contribution in [1.82, 2.24) is 10.3 Å². The molecule has 2 N–H and O–H groups in total. The van der Waals surface area contributed by atoms with Crippen molar-refractivity contribution in [2.75, 3.05) is 28.5 Å². The van der Waals surface area contributed by atoms with Gasteiger partial charge in [-0.25, -0.2) is 17.8 Å². The van der Waals surface area contributed by atoms with E-state index in [0.29, 0.717) is 18.4 Å². The molecule has 0 radical (unpaired) electrons. The number of amides is 1. The summed E-state index contributed by atoms with van der Waals surface area (Å²) in [6.45, 7) is 4.86. The van der Waals surface area contributed by atoms with Crippen molar-refractivity contribution in [2.45, 2.75) is 57.7 Å². The number of hydrogen-bond donors (Lipinski definition) is 2. The van der Waals surface area contributed by atoms with E-state index in [1.807, 2.05) is 30.3 Å². The monoisotopic (exact) mass is 634 g/mol. The number of piperidine rings is 1. The maximum Gasteiger partial charge on any atom is 0.433 e. The maximum atomic E-state index is 14.6. The molecule has 1 unspecified atom stereocenters. The van der Waals surface area contributed by atoms with Crippen molar-refractivity contribution in [3.05, 3.63) is 88.9 Å². The third kappa shape index (κ3) is 7.20. The molecule has 1 aliphatic rings. The summed E-state index contributed by atoms with van der Waals surface area (Å²) in [5.41, 5.74) is -0.586. The third-order valence-electron chi connectivity index (χ3n) is 8.15. The van der Waals surface area contributed by atoms with Gasteiger partial charge in [-0.3, -0.25) is 14.3 Å². The molecule has 2 aromatic carbocycles. The van der Waals surface area contributed by atoms with Gasteiger partial charge in [-0.05, 0) is 62.9 Å². The lowest BCUT2D eigenvalue weighted by molar-refractivity contribution is -0.141. The number of Topliss-reactive ketones (excluding diaryl/α,β-unsaturated/α-hetero) is 1. The topological polar surface area (TPSA) is 108 Å². The van der Waals surface area contributed by atoms with Crippen molar-refractivity contribution in [3.8, 4) is 0 Å². The standard InChI is InChI=1S/C31H34F4N4O4S/c1-4-44(42,43)38-26-12-10-22(18-25(26)32)20(2)29(41)36-19-23-11-13-27(31(33,34)35)37-28(23)39-16-14-30(15-17-39,21(3)40)24-8-6-5-7-9-24/h5-13,18,20,38H,4,14-17,19H2,1-3H3,(H,36,41). The van der Waals surface area contributed by atoms with E-state index in [9.17, 15) is 35.6 Å². The van der Waals surface area contributed by atoms with Crippen LogP contribution in [-0.4, -0.2) is 43.9 Å². The molecule has 0 bridgehead atoms. The zero-order valence-electron chi connectivity index (χ0n) is 24.5. The van der Waals surface area contributed by atoms with E-state index in [-0.39, 0.29) is 48.2 Å². The largest absolute Gasteiger partial charge is 0.433 e. The first-order valence-electron chi connectivity index (χ1n) is 14.1. The fourth-order valence-corrected chi connectivity index (χ4v) is 6.00. The molecule has 0 spiro atoms. The Morgan fingerprint density at radius 1 is 1.05 bits per heavy atom. The number of halogens is 4. The Labute approximate surface area is 253 Å². The minimum absolute atomic E-state index is 0.0194. The van der Waals surface area contributed by atoms with Crippen molar-refractivity contribution in [2.24, 2.45) is 0 Å². The van der Waals surface area contributed by atoms with E-state index in [0.717, 1.165) is 17.7 Å². The van der Waals surface area contributed by atoms with Crippen LogP contribution in [0.3, 0.4) is 0 Å². The Bertz CT molecular complexity index is 1620. The number of alkyl halides is 3. The van der Waals surface area contributed by atoms with Gasteiger partial charge in [-0.1, -0.05) is 42.5 Å². The summed E-state index contributed by atoms with van der Waals surface area (Å²) in [5.74, 6) is -2.42. The van der Waals surface area contributed by atoms with E-state index in [2.05, 4.69) is 15.0 Å². The zero-order chi connectivity index (χ0) is 32.3. The second kappa shape index (κ2) is 12.9. The summed E-state index contributed by atoms with van der Waals surface area (Å²) in [4.78, 5) is 31.5. The molecule has 1 saturated heterocycles. The van der Waals surface area contributed by atoms with Crippen LogP contribution in [0.4, 0.5) is 29.1 Å². The van der Waals surface area contributed by atoms with Crippen LogP contribution in [0.25, 0.3) is 0 Å². The third-order valence-corrected chi connectivity index (χ3v) is 9.44. The molecule has 1 fully saturated rings. The molecule has 1 atom stereocenters. The zero-order valence-corrected chi connectivity index (χ0v) is 25.4. The van der Waals surface area contributed by atoms with Gasteiger partial charge in [0.1, 0.15) is 23.1 Å². The molecule has 236 valence electrons. The van der Waals surface area contributed by atoms with Gasteiger partial charge in [0, 0.05) is 25.2 Å². The van der Waals surface area contributed by atoms with Gasteiger partial charge in [0.15, 0.2) is 0 Å². The van der Waals surface area contributed by atoms with Crippen LogP contribution in [0.15, 0.2) is 60.7 Å². The van der Waals surface area contributed by atoms with Crippen LogP contribution in [-0.2, 0) is 37.7 Å². The lowest BCUT2D eigenvalue weighted by Gasteiger charge is -2.41. The first-order chi connectivity index (χ1) is 20.7. The average Bonchev–Trinajstić information content (AvgIpc) is 3.00. The van der Waals surface area contributed by atoms with Gasteiger partial charge in [0.2, 0.25) is 15.9 Å². The number of carbonyl (C=O) groups excluding carboxylic acids is 2. The van der Waals surface area contributed by atoms with Crippen molar-refractivity contribution >= 4 is 33.2 Å². The average molecular weight is 635 g/mol. The predicted octanol–water partition coefficient (Wildman–Crippen LogP) is 5.55. The number of carbonyl (C=O) groups is 2. The van der Waals surface area contributed by atoms with Gasteiger partial charge < -0.3 is 10.2 Å². The van der Waals surface area contributed by atoms with Crippen LogP contribution in [0.1, 0.15) is 61.9 Å². The molecular formula is C31H34F4N4O4S. The second-order valence-electron chi connectivity index (χ2n) is 10.9. The minimum Gasteiger partial charge on any atom is -0.356 e. The maximum absolute atomic E-state index is 14.6. The van der Waals surface area contributed by atoms with Crippen LogP contribution < -0.4 is 14.9 Å². The number of hydrogen-bond acceptors (Lipinski definition) is 6. The van der Waals surface area contributed by atoms with E-state index in [1.165, 1.54) is 39.0 Å². The van der Waals surface area contributed by atoms with Crippen LogP contribution in [0.2, 0.25) is 0 Å². The Morgan fingerprint density at radius 2 is 1.70 bits per heavy atom. The van der Waals surface area contributed by atoms with Crippen molar-refractivity contribution in [3.63, 3.8) is 0 Å². The fraction of sp³-hybridized carbons (Fsp3) is 0.387. The number of anilines is 2. The SMILES string of the molecule is CCS(=O)(=O)Nc1ccc(C(C)C(=O)NCc2ccc(C(F)(F)F)nc2N2CCC(C(C)=O)(c3ccccc3)CC2)cc1F. The van der Waals surface area contributed by atoms with E-state index in [1.54, 1.807) is 4.90 Å². The lowest BCUT2D eigenvalue weighted by Crippen LogP contribution is -2.47. The highest BCUT2D eigenvalue weighted by atomic mass is 32.2. The molecule has 44 heavy (non-hydrogen) atoms. The molecule has 4 rings (SSSR count). The molecule has 1 aliphatic heterocycles. The molecule has 1 amide bonds. The molecule has 8 nitrogen and oxygen atoms in total. The number of aromatic nitrogens is 1. The van der Waals surface area contributed by atoms with Crippen molar-refractivity contribution < 1.29 is 35.6 Å². The summed E-state index contributed by atoms with van der Waals surface area (Å²) in [6.07, 6.45) is -3.93. The highest BCUT2D eigenvalue weighted by Gasteiger charge is 2.41. The Hall–Kier alpha value is -4.00. The minimum atomic E-state index is -4.68. The highest BCUT2D eigenvalue weighted by molar-refractivity contribution is 7.92. The normalized spacial score (nSPS) is 15.8. The summed E-state index contributed by atoms with van der Waals surface area (Å²) < 4.78 is 81.2. The first-order valence-corrected chi connectivity index (χ1v) is 15.8. The summed E-state index contributed by atoms with van der Waals surface area (Å²) >= 11 is 0. The Morgan fingerprint density at radius 3 is 2.27 bits per heavy atom. The predicted molar refractivity (Wildman–Crippen MR) is 159 cm³/mol. The molecule has 0 saturated carbocycles. The van der Waals surface area contributed by atoms with E-state index >= 15 is 0 Å². The van der Waals surface area contributed by atoms with Gasteiger partial charge in [0.05, 0.1) is 22.8 Å². The number of rotatable bonds is 10. The number of nitrogens with zero attached hydrogens (tertiary/aromatic N) is 2. The number of pyridine rings is 1. The van der Waals surface area contributed by atoms with Crippen molar-refractivity contribution in [1.29, 1.82) is 0 Å². The van der Waals surface area contributed by atoms with Gasteiger partial charge in [-0.2, -0.15) is 13.2 Å². The molecule has 2 heterocycles. The molecule has 1 aromatic heterocycles. The highest BCUT2D eigenvalue weighted by Crippen LogP contribution is 2.39. The molecule has 13 heteroatoms. The van der Waals surface area contributed by atoms with E-state index < -0.39 is 45.0 Å². The Balaban J connectivity index is 1.53. The van der Waals surface area contributed by atoms with Crippen LogP contribution in [0, 0.1) is 5.82 Å². The lowest BCUT2D eigenvalue weighted by atomic mass is 9.70. The number of sulfonamides is 1. The quantitative estimate of drug-likeness (QED) is 0.283. The summed E-state index contributed by atoms with van der Waals surface area (Å²) in [6, 6.07) is 15.1.